The molecule has 0 aliphatic carbocycles. The molecule has 2 fully saturated rings. The quantitative estimate of drug-likeness (QED) is 0.792. The van der Waals surface area contributed by atoms with E-state index in [1.807, 2.05) is 11.0 Å². The fraction of sp³-hybridized carbons (Fsp3) is 0.400. The van der Waals surface area contributed by atoms with Gasteiger partial charge in [-0.1, -0.05) is 12.1 Å². The molecule has 1 aromatic heterocycles. The van der Waals surface area contributed by atoms with Crippen LogP contribution in [0.15, 0.2) is 29.1 Å². The number of aromatic amines is 1. The maximum absolute atomic E-state index is 12.7. The second kappa shape index (κ2) is 4.66. The summed E-state index contributed by atoms with van der Waals surface area (Å²) in [6, 6.07) is 7.30. The summed E-state index contributed by atoms with van der Waals surface area (Å²) in [5, 5.41) is 3.83. The molecule has 1 amide bonds. The maximum Gasteiger partial charge on any atom is 0.290 e. The average Bonchev–Trinajstić information content (AvgIpc) is 3.09. The first-order valence-electron chi connectivity index (χ1n) is 7.25. The summed E-state index contributed by atoms with van der Waals surface area (Å²) in [7, 11) is 0. The van der Waals surface area contributed by atoms with E-state index in [-0.39, 0.29) is 23.3 Å². The number of likely N-dealkylation sites (tertiary alicyclic amines) is 1. The summed E-state index contributed by atoms with van der Waals surface area (Å²) in [5.41, 5.74) is 0.300. The van der Waals surface area contributed by atoms with Crippen LogP contribution in [0.1, 0.15) is 17.0 Å². The predicted molar refractivity (Wildman–Crippen MR) is 78.2 cm³/mol. The van der Waals surface area contributed by atoms with Crippen molar-refractivity contribution in [1.82, 2.24) is 20.2 Å². The zero-order valence-electron chi connectivity index (χ0n) is 11.5. The summed E-state index contributed by atoms with van der Waals surface area (Å²) in [5.74, 6) is 0.501. The van der Waals surface area contributed by atoms with Crippen LogP contribution >= 0.6 is 0 Å². The van der Waals surface area contributed by atoms with Crippen molar-refractivity contribution in [3.63, 3.8) is 0 Å². The Morgan fingerprint density at radius 3 is 3.05 bits per heavy atom. The predicted octanol–water partition coefficient (Wildman–Crippen LogP) is 0.357. The van der Waals surface area contributed by atoms with Gasteiger partial charge in [0.2, 0.25) is 0 Å². The van der Waals surface area contributed by atoms with Crippen molar-refractivity contribution >= 4 is 16.8 Å². The van der Waals surface area contributed by atoms with E-state index in [0.717, 1.165) is 26.1 Å². The van der Waals surface area contributed by atoms with E-state index in [1.54, 1.807) is 18.2 Å². The van der Waals surface area contributed by atoms with Crippen LogP contribution < -0.4 is 10.9 Å². The van der Waals surface area contributed by atoms with Gasteiger partial charge in [0.05, 0.1) is 10.9 Å². The minimum atomic E-state index is -0.260. The number of carbonyl (C=O) groups excluding carboxylic acids is 1. The van der Waals surface area contributed by atoms with Crippen molar-refractivity contribution in [3.05, 3.63) is 40.4 Å². The number of nitrogens with zero attached hydrogens (tertiary/aromatic N) is 2. The minimum absolute atomic E-state index is 0.145. The lowest BCUT2D eigenvalue weighted by molar-refractivity contribution is 0.0724. The number of rotatable bonds is 1. The number of carbonyl (C=O) groups is 1. The number of fused-ring (bicyclic) bond motifs is 2. The summed E-state index contributed by atoms with van der Waals surface area (Å²) in [4.78, 5) is 33.5. The maximum atomic E-state index is 12.7. The Morgan fingerprint density at radius 2 is 2.14 bits per heavy atom. The highest BCUT2D eigenvalue weighted by molar-refractivity contribution is 5.93. The molecule has 2 aromatic rings. The van der Waals surface area contributed by atoms with E-state index in [1.165, 1.54) is 0 Å². The third-order valence-electron chi connectivity index (χ3n) is 4.52. The van der Waals surface area contributed by atoms with E-state index >= 15 is 0 Å². The van der Waals surface area contributed by atoms with E-state index in [2.05, 4.69) is 15.3 Å². The number of hydrogen-bond donors (Lipinski definition) is 2. The highest BCUT2D eigenvalue weighted by atomic mass is 16.2. The SMILES string of the molecule is O=C(c1nc2ccccc2c(=O)[nH]1)N1CC[C@@H]2CNC[C@@H]21. The van der Waals surface area contributed by atoms with E-state index in [9.17, 15) is 9.59 Å². The summed E-state index contributed by atoms with van der Waals surface area (Å²) >= 11 is 0. The largest absolute Gasteiger partial charge is 0.331 e. The van der Waals surface area contributed by atoms with Crippen molar-refractivity contribution in [2.75, 3.05) is 19.6 Å². The number of benzene rings is 1. The van der Waals surface area contributed by atoms with Crippen LogP contribution in [0, 0.1) is 5.92 Å². The lowest BCUT2D eigenvalue weighted by Crippen LogP contribution is -2.40. The molecule has 2 saturated heterocycles. The molecule has 2 aliphatic heterocycles. The van der Waals surface area contributed by atoms with E-state index < -0.39 is 0 Å². The van der Waals surface area contributed by atoms with Gasteiger partial charge in [-0.05, 0) is 24.5 Å². The minimum Gasteiger partial charge on any atom is -0.331 e. The lowest BCUT2D eigenvalue weighted by atomic mass is 10.1. The number of para-hydroxylation sites is 1. The number of amides is 1. The summed E-state index contributed by atoms with van der Waals surface area (Å²) in [6.07, 6.45) is 1.02. The smallest absolute Gasteiger partial charge is 0.290 e. The molecule has 0 unspecified atom stereocenters. The molecule has 2 N–H and O–H groups in total. The van der Waals surface area contributed by atoms with Crippen LogP contribution in [0.25, 0.3) is 10.9 Å². The molecule has 0 radical (unpaired) electrons. The molecular weight excluding hydrogens is 268 g/mol. The van der Waals surface area contributed by atoms with Crippen LogP contribution in [-0.4, -0.2) is 46.5 Å². The molecule has 6 nitrogen and oxygen atoms in total. The summed E-state index contributed by atoms with van der Waals surface area (Å²) in [6.45, 7) is 2.54. The molecule has 4 rings (SSSR count). The second-order valence-electron chi connectivity index (χ2n) is 5.70. The molecule has 108 valence electrons. The molecular formula is C15H16N4O2. The molecule has 3 heterocycles. The Labute approximate surface area is 121 Å². The Hall–Kier alpha value is -2.21. The normalized spacial score (nSPS) is 24.5. The first-order valence-corrected chi connectivity index (χ1v) is 7.25. The second-order valence-corrected chi connectivity index (χ2v) is 5.70. The Morgan fingerprint density at radius 1 is 1.29 bits per heavy atom. The fourth-order valence-corrected chi connectivity index (χ4v) is 3.43. The highest BCUT2D eigenvalue weighted by Crippen LogP contribution is 2.27. The molecule has 0 saturated carbocycles. The first-order chi connectivity index (χ1) is 10.2. The van der Waals surface area contributed by atoms with Crippen molar-refractivity contribution in [2.45, 2.75) is 12.5 Å². The van der Waals surface area contributed by atoms with Gasteiger partial charge in [0.15, 0.2) is 5.82 Å². The van der Waals surface area contributed by atoms with Gasteiger partial charge in [-0.25, -0.2) is 4.98 Å². The zero-order valence-corrected chi connectivity index (χ0v) is 11.5. The standard InChI is InChI=1S/C15H16N4O2/c20-14-10-3-1-2-4-11(10)17-13(18-14)15(21)19-6-5-9-7-16-8-12(9)19/h1-4,9,12,16H,5-8H2,(H,17,18,20)/t9-,12+/m1/s1. The van der Waals surface area contributed by atoms with Gasteiger partial charge in [0, 0.05) is 25.7 Å². The Kier molecular flexibility index (Phi) is 2.78. The molecule has 2 aliphatic rings. The molecule has 0 bridgehead atoms. The van der Waals surface area contributed by atoms with Crippen LogP contribution in [0.4, 0.5) is 0 Å². The summed E-state index contributed by atoms with van der Waals surface area (Å²) < 4.78 is 0. The third-order valence-corrected chi connectivity index (χ3v) is 4.52. The van der Waals surface area contributed by atoms with Gasteiger partial charge in [0.25, 0.3) is 11.5 Å². The van der Waals surface area contributed by atoms with Crippen LogP contribution in [-0.2, 0) is 0 Å². The number of aromatic nitrogens is 2. The van der Waals surface area contributed by atoms with E-state index in [4.69, 9.17) is 0 Å². The molecule has 1 aromatic carbocycles. The monoisotopic (exact) mass is 284 g/mol. The molecule has 0 spiro atoms. The van der Waals surface area contributed by atoms with Gasteiger partial charge < -0.3 is 15.2 Å². The fourth-order valence-electron chi connectivity index (χ4n) is 3.43. The number of nitrogens with one attached hydrogen (secondary N) is 2. The third kappa shape index (κ3) is 1.94. The van der Waals surface area contributed by atoms with Crippen molar-refractivity contribution in [2.24, 2.45) is 5.92 Å². The van der Waals surface area contributed by atoms with Crippen molar-refractivity contribution in [1.29, 1.82) is 0 Å². The number of H-pyrrole nitrogens is 1. The molecule has 21 heavy (non-hydrogen) atoms. The van der Waals surface area contributed by atoms with Gasteiger partial charge in [-0.3, -0.25) is 9.59 Å². The Balaban J connectivity index is 1.73. The molecule has 6 heteroatoms. The highest BCUT2D eigenvalue weighted by Gasteiger charge is 2.40. The van der Waals surface area contributed by atoms with Crippen molar-refractivity contribution < 1.29 is 4.79 Å². The van der Waals surface area contributed by atoms with Gasteiger partial charge in [-0.15, -0.1) is 0 Å². The van der Waals surface area contributed by atoms with Gasteiger partial charge in [0.1, 0.15) is 0 Å². The van der Waals surface area contributed by atoms with E-state index in [0.29, 0.717) is 16.8 Å². The van der Waals surface area contributed by atoms with Crippen LogP contribution in [0.3, 0.4) is 0 Å². The lowest BCUT2D eigenvalue weighted by Gasteiger charge is -2.22. The number of hydrogen-bond acceptors (Lipinski definition) is 4. The average molecular weight is 284 g/mol. The van der Waals surface area contributed by atoms with Crippen LogP contribution in [0.5, 0.6) is 0 Å². The zero-order chi connectivity index (χ0) is 14.4. The topological polar surface area (TPSA) is 78.1 Å². The first kappa shape index (κ1) is 12.5. The van der Waals surface area contributed by atoms with Gasteiger partial charge >= 0.3 is 0 Å². The van der Waals surface area contributed by atoms with Crippen molar-refractivity contribution in [3.8, 4) is 0 Å². The Bertz CT molecular complexity index is 770. The van der Waals surface area contributed by atoms with Gasteiger partial charge in [-0.2, -0.15) is 0 Å². The molecule has 2 atom stereocenters. The van der Waals surface area contributed by atoms with Crippen LogP contribution in [0.2, 0.25) is 0 Å².